The largest absolute Gasteiger partial charge is 0.497 e. The van der Waals surface area contributed by atoms with Crippen molar-refractivity contribution < 1.29 is 19.1 Å². The predicted molar refractivity (Wildman–Crippen MR) is 125 cm³/mol. The summed E-state index contributed by atoms with van der Waals surface area (Å²) >= 11 is 0. The number of methoxy groups -OCH3 is 1. The summed E-state index contributed by atoms with van der Waals surface area (Å²) in [6.07, 6.45) is 0.420. The Morgan fingerprint density at radius 2 is 1.64 bits per heavy atom. The molecule has 7 heteroatoms. The van der Waals surface area contributed by atoms with Gasteiger partial charge in [-0.25, -0.2) is 0 Å². The summed E-state index contributed by atoms with van der Waals surface area (Å²) in [5, 5.41) is 9.31. The second kappa shape index (κ2) is 11.4. The van der Waals surface area contributed by atoms with Crippen LogP contribution in [-0.4, -0.2) is 61.0 Å². The molecule has 174 valence electrons. The topological polar surface area (TPSA) is 82.9 Å². The Hall–Kier alpha value is -3.53. The molecule has 2 aromatic carbocycles. The molecule has 1 aliphatic heterocycles. The molecule has 0 bridgehead atoms. The smallest absolute Gasteiger partial charge is 0.264 e. The van der Waals surface area contributed by atoms with E-state index in [9.17, 15) is 14.9 Å². The van der Waals surface area contributed by atoms with Crippen LogP contribution in [0.3, 0.4) is 0 Å². The minimum absolute atomic E-state index is 0.0617. The molecule has 1 saturated heterocycles. The molecule has 0 radical (unpaired) electrons. The van der Waals surface area contributed by atoms with Gasteiger partial charge in [-0.2, -0.15) is 5.26 Å². The van der Waals surface area contributed by atoms with Crippen molar-refractivity contribution in [3.8, 4) is 17.6 Å². The first-order valence-corrected chi connectivity index (χ1v) is 11.3. The number of carbonyl (C=O) groups excluding carboxylic acids is 2. The van der Waals surface area contributed by atoms with E-state index in [2.05, 4.69) is 6.07 Å². The molecule has 2 aromatic rings. The number of piperazine rings is 1. The van der Waals surface area contributed by atoms with E-state index < -0.39 is 6.10 Å². The van der Waals surface area contributed by atoms with Crippen LogP contribution in [0.5, 0.6) is 11.5 Å². The van der Waals surface area contributed by atoms with Gasteiger partial charge in [0, 0.05) is 32.6 Å². The molecule has 0 aliphatic carbocycles. The van der Waals surface area contributed by atoms with Gasteiger partial charge >= 0.3 is 0 Å². The molecule has 1 unspecified atom stereocenters. The van der Waals surface area contributed by atoms with Gasteiger partial charge in [-0.3, -0.25) is 9.59 Å². The Morgan fingerprint density at radius 1 is 1.00 bits per heavy atom. The summed E-state index contributed by atoms with van der Waals surface area (Å²) in [5.74, 6) is 1.14. The van der Waals surface area contributed by atoms with Crippen molar-refractivity contribution in [2.75, 3.05) is 33.3 Å². The van der Waals surface area contributed by atoms with Gasteiger partial charge in [-0.1, -0.05) is 38.1 Å². The monoisotopic (exact) mass is 449 g/mol. The van der Waals surface area contributed by atoms with E-state index in [0.29, 0.717) is 50.3 Å². The predicted octanol–water partition coefficient (Wildman–Crippen LogP) is 3.27. The zero-order valence-corrected chi connectivity index (χ0v) is 19.5. The lowest BCUT2D eigenvalue weighted by atomic mass is 10.0. The number of amides is 2. The first-order valence-electron chi connectivity index (χ1n) is 11.3. The van der Waals surface area contributed by atoms with Gasteiger partial charge in [0.15, 0.2) is 6.10 Å². The molecular weight excluding hydrogens is 418 g/mol. The summed E-state index contributed by atoms with van der Waals surface area (Å²) in [6, 6.07) is 16.8. The molecule has 0 spiro atoms. The first kappa shape index (κ1) is 24.1. The van der Waals surface area contributed by atoms with E-state index in [1.807, 2.05) is 43.0 Å². The van der Waals surface area contributed by atoms with Crippen LogP contribution in [0.4, 0.5) is 0 Å². The van der Waals surface area contributed by atoms with Gasteiger partial charge in [-0.15, -0.1) is 0 Å². The number of aryl methyl sites for hydroxylation is 1. The zero-order chi connectivity index (χ0) is 23.8. The van der Waals surface area contributed by atoms with E-state index in [4.69, 9.17) is 9.47 Å². The molecule has 7 nitrogen and oxygen atoms in total. The average molecular weight is 450 g/mol. The SMILES string of the molecule is COc1ccc(CCC(=O)N2CCN(C(=O)C(Oc3ccccc3C#N)C(C)C)CC2)cc1. The number of nitriles is 1. The van der Waals surface area contributed by atoms with Gasteiger partial charge in [0.1, 0.15) is 17.6 Å². The van der Waals surface area contributed by atoms with Crippen molar-refractivity contribution in [3.05, 3.63) is 59.7 Å². The number of nitrogens with zero attached hydrogens (tertiary/aromatic N) is 3. The van der Waals surface area contributed by atoms with Crippen molar-refractivity contribution in [1.29, 1.82) is 5.26 Å². The van der Waals surface area contributed by atoms with Gasteiger partial charge in [0.2, 0.25) is 5.91 Å². The lowest BCUT2D eigenvalue weighted by Crippen LogP contribution is -2.54. The van der Waals surface area contributed by atoms with E-state index in [-0.39, 0.29) is 17.7 Å². The van der Waals surface area contributed by atoms with Gasteiger partial charge in [0.05, 0.1) is 12.7 Å². The lowest BCUT2D eigenvalue weighted by Gasteiger charge is -2.37. The number of rotatable bonds is 8. The van der Waals surface area contributed by atoms with Crippen molar-refractivity contribution in [3.63, 3.8) is 0 Å². The summed E-state index contributed by atoms with van der Waals surface area (Å²) in [5.41, 5.74) is 1.50. The highest BCUT2D eigenvalue weighted by atomic mass is 16.5. The maximum absolute atomic E-state index is 13.2. The zero-order valence-electron chi connectivity index (χ0n) is 19.5. The Bertz CT molecular complexity index is 989. The summed E-state index contributed by atoms with van der Waals surface area (Å²) < 4.78 is 11.2. The van der Waals surface area contributed by atoms with Crippen molar-refractivity contribution in [2.45, 2.75) is 32.8 Å². The third-order valence-corrected chi connectivity index (χ3v) is 5.84. The summed E-state index contributed by atoms with van der Waals surface area (Å²) in [6.45, 7) is 5.81. The van der Waals surface area contributed by atoms with E-state index in [1.54, 1.807) is 36.3 Å². The second-order valence-corrected chi connectivity index (χ2v) is 8.44. The van der Waals surface area contributed by atoms with Crippen molar-refractivity contribution in [1.82, 2.24) is 9.80 Å². The molecule has 1 atom stereocenters. The molecule has 33 heavy (non-hydrogen) atoms. The highest BCUT2D eigenvalue weighted by molar-refractivity contribution is 5.82. The highest BCUT2D eigenvalue weighted by Crippen LogP contribution is 2.22. The van der Waals surface area contributed by atoms with Crippen molar-refractivity contribution in [2.24, 2.45) is 5.92 Å². The second-order valence-electron chi connectivity index (χ2n) is 8.44. The number of hydrogen-bond donors (Lipinski definition) is 0. The van der Waals surface area contributed by atoms with Crippen LogP contribution in [0.2, 0.25) is 0 Å². The molecule has 3 rings (SSSR count). The van der Waals surface area contributed by atoms with Crippen LogP contribution in [0.1, 0.15) is 31.4 Å². The van der Waals surface area contributed by atoms with E-state index in [1.165, 1.54) is 0 Å². The lowest BCUT2D eigenvalue weighted by molar-refractivity contribution is -0.145. The Balaban J connectivity index is 1.53. The highest BCUT2D eigenvalue weighted by Gasteiger charge is 2.32. The molecule has 0 aromatic heterocycles. The average Bonchev–Trinajstić information content (AvgIpc) is 2.85. The fraction of sp³-hybridized carbons (Fsp3) is 0.423. The summed E-state index contributed by atoms with van der Waals surface area (Å²) in [7, 11) is 1.63. The maximum Gasteiger partial charge on any atom is 0.264 e. The van der Waals surface area contributed by atoms with E-state index in [0.717, 1.165) is 11.3 Å². The van der Waals surface area contributed by atoms with Crippen molar-refractivity contribution >= 4 is 11.8 Å². The van der Waals surface area contributed by atoms with Gasteiger partial charge in [-0.05, 0) is 42.2 Å². The van der Waals surface area contributed by atoms with E-state index >= 15 is 0 Å². The fourth-order valence-corrected chi connectivity index (χ4v) is 3.83. The number of carbonyl (C=O) groups is 2. The third kappa shape index (κ3) is 6.26. The number of benzene rings is 2. The molecule has 2 amide bonds. The molecule has 1 heterocycles. The third-order valence-electron chi connectivity index (χ3n) is 5.84. The van der Waals surface area contributed by atoms with Crippen LogP contribution in [0, 0.1) is 17.2 Å². The normalized spacial score (nSPS) is 14.5. The molecule has 0 N–H and O–H groups in total. The molecule has 0 saturated carbocycles. The fourth-order valence-electron chi connectivity index (χ4n) is 3.83. The summed E-state index contributed by atoms with van der Waals surface area (Å²) in [4.78, 5) is 29.4. The first-order chi connectivity index (χ1) is 15.9. The maximum atomic E-state index is 13.2. The minimum atomic E-state index is -0.683. The van der Waals surface area contributed by atoms with Crippen LogP contribution in [0.15, 0.2) is 48.5 Å². The number of hydrogen-bond acceptors (Lipinski definition) is 5. The van der Waals surface area contributed by atoms with Gasteiger partial charge in [0.25, 0.3) is 5.91 Å². The molecular formula is C26H31N3O4. The quantitative estimate of drug-likeness (QED) is 0.618. The Labute approximate surface area is 195 Å². The molecule has 1 fully saturated rings. The standard InChI is InChI=1S/C26H31N3O4/c1-19(2)25(33-23-7-5-4-6-21(23)18-27)26(31)29-16-14-28(15-17-29)24(30)13-10-20-8-11-22(32-3)12-9-20/h4-9,11-12,19,25H,10,13-17H2,1-3H3. The number of ether oxygens (including phenoxy) is 2. The van der Waals surface area contributed by atoms with Gasteiger partial charge < -0.3 is 19.3 Å². The molecule has 1 aliphatic rings. The Kier molecular flexibility index (Phi) is 8.31. The minimum Gasteiger partial charge on any atom is -0.497 e. The van der Waals surface area contributed by atoms with Crippen LogP contribution in [0.25, 0.3) is 0 Å². The number of para-hydroxylation sites is 1. The van der Waals surface area contributed by atoms with Crippen LogP contribution < -0.4 is 9.47 Å². The van der Waals surface area contributed by atoms with Crippen LogP contribution in [-0.2, 0) is 16.0 Å². The Morgan fingerprint density at radius 3 is 2.24 bits per heavy atom. The van der Waals surface area contributed by atoms with Crippen LogP contribution >= 0.6 is 0 Å².